The molecule has 0 radical (unpaired) electrons. The molecule has 0 spiro atoms. The third-order valence-electron chi connectivity index (χ3n) is 2.30. The normalized spacial score (nSPS) is 9.89. The summed E-state index contributed by atoms with van der Waals surface area (Å²) in [6.45, 7) is 1.77. The molecule has 1 aromatic carbocycles. The number of rotatable bonds is 5. The summed E-state index contributed by atoms with van der Waals surface area (Å²) in [5, 5.41) is 23.5. The predicted molar refractivity (Wildman–Crippen MR) is 65.0 cm³/mol. The average Bonchev–Trinajstić information content (AvgIpc) is 2.34. The van der Waals surface area contributed by atoms with Gasteiger partial charge in [-0.3, -0.25) is 9.59 Å². The van der Waals surface area contributed by atoms with Crippen LogP contribution in [-0.4, -0.2) is 35.1 Å². The average molecular weight is 252 g/mol. The molecule has 1 aromatic rings. The van der Waals surface area contributed by atoms with E-state index in [1.807, 2.05) is 0 Å². The first-order valence-electron chi connectivity index (χ1n) is 5.50. The minimum absolute atomic E-state index is 0.119. The molecule has 6 heteroatoms. The Bertz CT molecular complexity index is 446. The molecular formula is C12H16N2O4. The van der Waals surface area contributed by atoms with Gasteiger partial charge < -0.3 is 20.8 Å². The van der Waals surface area contributed by atoms with Crippen molar-refractivity contribution in [3.8, 4) is 5.75 Å². The van der Waals surface area contributed by atoms with E-state index >= 15 is 0 Å². The predicted octanol–water partition coefficient (Wildman–Crippen LogP) is -0.250. The highest BCUT2D eigenvalue weighted by Crippen LogP contribution is 2.18. The van der Waals surface area contributed by atoms with E-state index in [0.29, 0.717) is 24.2 Å². The summed E-state index contributed by atoms with van der Waals surface area (Å²) < 4.78 is 0. The molecule has 4 N–H and O–H groups in total. The van der Waals surface area contributed by atoms with Crippen molar-refractivity contribution in [1.82, 2.24) is 10.6 Å². The Morgan fingerprint density at radius 1 is 1.22 bits per heavy atom. The number of carbonyl (C=O) groups is 2. The van der Waals surface area contributed by atoms with Gasteiger partial charge in [0.2, 0.25) is 5.91 Å². The summed E-state index contributed by atoms with van der Waals surface area (Å²) >= 11 is 0. The molecule has 98 valence electrons. The van der Waals surface area contributed by atoms with E-state index in [2.05, 4.69) is 10.6 Å². The van der Waals surface area contributed by atoms with Crippen molar-refractivity contribution in [2.24, 2.45) is 0 Å². The Morgan fingerprint density at radius 2 is 1.89 bits per heavy atom. The van der Waals surface area contributed by atoms with Gasteiger partial charge >= 0.3 is 0 Å². The molecular weight excluding hydrogens is 236 g/mol. The number of phenols is 1. The monoisotopic (exact) mass is 252 g/mol. The van der Waals surface area contributed by atoms with Crippen molar-refractivity contribution < 1.29 is 19.8 Å². The number of carbonyl (C=O) groups excluding carboxylic acids is 2. The van der Waals surface area contributed by atoms with Crippen LogP contribution in [0.15, 0.2) is 18.2 Å². The second-order valence-electron chi connectivity index (χ2n) is 3.74. The largest absolute Gasteiger partial charge is 0.508 e. The molecule has 2 amide bonds. The molecule has 18 heavy (non-hydrogen) atoms. The maximum Gasteiger partial charge on any atom is 0.251 e. The minimum Gasteiger partial charge on any atom is -0.508 e. The Kier molecular flexibility index (Phi) is 5.13. The summed E-state index contributed by atoms with van der Waals surface area (Å²) in [6.07, 6.45) is 0. The van der Waals surface area contributed by atoms with Crippen molar-refractivity contribution in [3.63, 3.8) is 0 Å². The van der Waals surface area contributed by atoms with Gasteiger partial charge in [0.05, 0.1) is 6.61 Å². The molecule has 6 nitrogen and oxygen atoms in total. The van der Waals surface area contributed by atoms with Crippen LogP contribution in [0.5, 0.6) is 5.75 Å². The SMILES string of the molecule is CC(=O)NCCNC(=O)c1ccc(CO)c(O)c1. The molecule has 0 heterocycles. The van der Waals surface area contributed by atoms with Crippen LogP contribution in [0.25, 0.3) is 0 Å². The molecule has 1 rings (SSSR count). The van der Waals surface area contributed by atoms with Gasteiger partial charge in [0, 0.05) is 31.1 Å². The highest BCUT2D eigenvalue weighted by Gasteiger charge is 2.08. The van der Waals surface area contributed by atoms with Crippen molar-refractivity contribution in [2.45, 2.75) is 13.5 Å². The van der Waals surface area contributed by atoms with Gasteiger partial charge in [-0.05, 0) is 12.1 Å². The maximum absolute atomic E-state index is 11.6. The summed E-state index contributed by atoms with van der Waals surface area (Å²) in [5.74, 6) is -0.624. The zero-order chi connectivity index (χ0) is 13.5. The van der Waals surface area contributed by atoms with Crippen LogP contribution < -0.4 is 10.6 Å². The highest BCUT2D eigenvalue weighted by molar-refractivity contribution is 5.94. The lowest BCUT2D eigenvalue weighted by molar-refractivity contribution is -0.118. The molecule has 0 aliphatic heterocycles. The van der Waals surface area contributed by atoms with E-state index in [0.717, 1.165) is 0 Å². The van der Waals surface area contributed by atoms with E-state index in [9.17, 15) is 14.7 Å². The second-order valence-corrected chi connectivity index (χ2v) is 3.74. The molecule has 0 aromatic heterocycles. The zero-order valence-corrected chi connectivity index (χ0v) is 10.1. The summed E-state index contributed by atoms with van der Waals surface area (Å²) in [7, 11) is 0. The number of hydrogen-bond acceptors (Lipinski definition) is 4. The van der Waals surface area contributed by atoms with Gasteiger partial charge in [-0.25, -0.2) is 0 Å². The summed E-state index contributed by atoms with van der Waals surface area (Å²) in [5.41, 5.74) is 0.664. The number of nitrogens with one attached hydrogen (secondary N) is 2. The van der Waals surface area contributed by atoms with Crippen molar-refractivity contribution in [1.29, 1.82) is 0 Å². The lowest BCUT2D eigenvalue weighted by Crippen LogP contribution is -2.33. The Balaban J connectivity index is 2.51. The van der Waals surface area contributed by atoms with Crippen LogP contribution in [0.2, 0.25) is 0 Å². The zero-order valence-electron chi connectivity index (χ0n) is 10.1. The van der Waals surface area contributed by atoms with Gasteiger partial charge in [-0.2, -0.15) is 0 Å². The molecule has 0 fully saturated rings. The van der Waals surface area contributed by atoms with Gasteiger partial charge in [0.25, 0.3) is 5.91 Å². The number of aliphatic hydroxyl groups is 1. The molecule has 0 bridgehead atoms. The van der Waals surface area contributed by atoms with E-state index in [-0.39, 0.29) is 24.2 Å². The summed E-state index contributed by atoms with van der Waals surface area (Å²) in [6, 6.07) is 4.29. The molecule has 0 saturated heterocycles. The maximum atomic E-state index is 11.6. The van der Waals surface area contributed by atoms with Crippen LogP contribution in [-0.2, 0) is 11.4 Å². The summed E-state index contributed by atoms with van der Waals surface area (Å²) in [4.78, 5) is 22.2. The fourth-order valence-electron chi connectivity index (χ4n) is 1.36. The molecule has 0 saturated carbocycles. The number of hydrogen-bond donors (Lipinski definition) is 4. The van der Waals surface area contributed by atoms with Gasteiger partial charge in [-0.15, -0.1) is 0 Å². The van der Waals surface area contributed by atoms with Gasteiger partial charge in [0.1, 0.15) is 5.75 Å². The first kappa shape index (κ1) is 14.0. The fraction of sp³-hybridized carbons (Fsp3) is 0.333. The van der Waals surface area contributed by atoms with Crippen LogP contribution >= 0.6 is 0 Å². The minimum atomic E-state index is -0.347. The van der Waals surface area contributed by atoms with E-state index in [4.69, 9.17) is 5.11 Å². The first-order chi connectivity index (χ1) is 8.54. The third kappa shape index (κ3) is 4.06. The highest BCUT2D eigenvalue weighted by atomic mass is 16.3. The topological polar surface area (TPSA) is 98.7 Å². The molecule has 0 aliphatic carbocycles. The van der Waals surface area contributed by atoms with Gasteiger partial charge in [-0.1, -0.05) is 6.07 Å². The van der Waals surface area contributed by atoms with Gasteiger partial charge in [0.15, 0.2) is 0 Å². The van der Waals surface area contributed by atoms with Crippen molar-refractivity contribution >= 4 is 11.8 Å². The van der Waals surface area contributed by atoms with Crippen molar-refractivity contribution in [3.05, 3.63) is 29.3 Å². The Labute approximate surface area is 105 Å². The first-order valence-corrected chi connectivity index (χ1v) is 5.50. The second kappa shape index (κ2) is 6.61. The number of benzene rings is 1. The lowest BCUT2D eigenvalue weighted by Gasteiger charge is -2.07. The molecule has 0 atom stereocenters. The van der Waals surface area contributed by atoms with Crippen LogP contribution in [0.1, 0.15) is 22.8 Å². The number of aromatic hydroxyl groups is 1. The number of aliphatic hydroxyl groups excluding tert-OH is 1. The Morgan fingerprint density at radius 3 is 2.44 bits per heavy atom. The third-order valence-corrected chi connectivity index (χ3v) is 2.30. The lowest BCUT2D eigenvalue weighted by atomic mass is 10.1. The van der Waals surface area contributed by atoms with Crippen molar-refractivity contribution in [2.75, 3.05) is 13.1 Å². The van der Waals surface area contributed by atoms with E-state index in [1.54, 1.807) is 0 Å². The van der Waals surface area contributed by atoms with Crippen LogP contribution in [0, 0.1) is 0 Å². The quantitative estimate of drug-likeness (QED) is 0.543. The molecule has 0 aliphatic rings. The smallest absolute Gasteiger partial charge is 0.251 e. The fourth-order valence-corrected chi connectivity index (χ4v) is 1.36. The standard InChI is InChI=1S/C12H16N2O4/c1-8(16)13-4-5-14-12(18)9-2-3-10(7-15)11(17)6-9/h2-3,6,15,17H,4-5,7H2,1H3,(H,13,16)(H,14,18). The van der Waals surface area contributed by atoms with E-state index in [1.165, 1.54) is 25.1 Å². The van der Waals surface area contributed by atoms with Crippen LogP contribution in [0.4, 0.5) is 0 Å². The number of amides is 2. The Hall–Kier alpha value is -2.08. The van der Waals surface area contributed by atoms with Crippen LogP contribution in [0.3, 0.4) is 0 Å². The molecule has 0 unspecified atom stereocenters. The van der Waals surface area contributed by atoms with E-state index < -0.39 is 0 Å².